The number of methoxy groups -OCH3 is 1. The summed E-state index contributed by atoms with van der Waals surface area (Å²) in [7, 11) is 1.35. The van der Waals surface area contributed by atoms with Crippen molar-refractivity contribution in [2.45, 2.75) is 57.1 Å². The minimum atomic E-state index is -0.838. The monoisotopic (exact) mass is 627 g/mol. The molecule has 3 saturated carbocycles. The summed E-state index contributed by atoms with van der Waals surface area (Å²) in [6.45, 7) is 0. The van der Waals surface area contributed by atoms with Crippen LogP contribution in [0.5, 0.6) is 11.5 Å². The van der Waals surface area contributed by atoms with Crippen LogP contribution in [-0.2, 0) is 9.59 Å². The minimum Gasteiger partial charge on any atom is -0.496 e. The van der Waals surface area contributed by atoms with Crippen LogP contribution in [0.25, 0.3) is 0 Å². The number of amides is 2. The summed E-state index contributed by atoms with van der Waals surface area (Å²) in [4.78, 5) is 38.3. The summed E-state index contributed by atoms with van der Waals surface area (Å²) in [5.41, 5.74) is 1.10. The van der Waals surface area contributed by atoms with Crippen molar-refractivity contribution in [1.82, 2.24) is 5.32 Å². The van der Waals surface area contributed by atoms with E-state index in [9.17, 15) is 23.9 Å². The van der Waals surface area contributed by atoms with Crippen molar-refractivity contribution in [2.75, 3.05) is 12.4 Å². The van der Waals surface area contributed by atoms with Crippen molar-refractivity contribution in [2.24, 2.45) is 23.7 Å². The van der Waals surface area contributed by atoms with Gasteiger partial charge in [0.2, 0.25) is 5.91 Å². The number of hydrogen-bond donors (Lipinski definition) is 3. The molecule has 0 aliphatic heterocycles. The first kappa shape index (κ1) is 28.9. The minimum absolute atomic E-state index is 0.0496. The molecule has 0 spiro atoms. The van der Waals surface area contributed by atoms with Gasteiger partial charge in [-0.05, 0) is 97.0 Å². The Morgan fingerprint density at radius 3 is 2.44 bits per heavy atom. The molecule has 0 heterocycles. The Morgan fingerprint density at radius 1 is 1.05 bits per heavy atom. The smallest absolute Gasteiger partial charge is 0.306 e. The second-order valence-corrected chi connectivity index (χ2v) is 11.9. The van der Waals surface area contributed by atoms with E-state index in [1.54, 1.807) is 18.2 Å². The van der Waals surface area contributed by atoms with E-state index >= 15 is 0 Å². The van der Waals surface area contributed by atoms with Gasteiger partial charge in [0, 0.05) is 22.3 Å². The average Bonchev–Trinajstić information content (AvgIpc) is 3.56. The van der Waals surface area contributed by atoms with Crippen molar-refractivity contribution in [3.05, 3.63) is 51.7 Å². The molecule has 9 nitrogen and oxygen atoms in total. The lowest BCUT2D eigenvalue weighted by molar-refractivity contribution is -0.143. The molecule has 41 heavy (non-hydrogen) atoms. The number of carboxylic acids is 1. The van der Waals surface area contributed by atoms with E-state index in [-0.39, 0.29) is 40.9 Å². The molecule has 2 aromatic carbocycles. The lowest BCUT2D eigenvalue weighted by Crippen LogP contribution is -2.48. The number of carboxylic acid groups (broad SMARTS) is 1. The number of carbonyl (C=O) groups is 3. The number of halogens is 2. The van der Waals surface area contributed by atoms with Crippen molar-refractivity contribution in [3.8, 4) is 17.6 Å². The molecule has 5 rings (SSSR count). The van der Waals surface area contributed by atoms with Crippen LogP contribution in [0.3, 0.4) is 0 Å². The number of rotatable bonds is 8. The SMILES string of the molecule is COc1cc(F)c(O[C@H]2CC[C@@H](C(=O)O)CC2)cc1C(=O)N[C@@H]1[C@H]2CC[C@H](C2)[C@@H]1C(=O)Nc1ccc(C#N)c(Br)c1. The van der Waals surface area contributed by atoms with Gasteiger partial charge >= 0.3 is 5.97 Å². The van der Waals surface area contributed by atoms with Crippen LogP contribution in [0, 0.1) is 40.8 Å². The summed E-state index contributed by atoms with van der Waals surface area (Å²) in [6, 6.07) is 9.06. The molecular weight excluding hydrogens is 597 g/mol. The molecule has 3 aliphatic rings. The van der Waals surface area contributed by atoms with E-state index in [0.717, 1.165) is 25.3 Å². The number of carbonyl (C=O) groups excluding carboxylic acids is 2. The van der Waals surface area contributed by atoms with Crippen molar-refractivity contribution in [1.29, 1.82) is 5.26 Å². The fraction of sp³-hybridized carbons (Fsp3) is 0.467. The van der Waals surface area contributed by atoms with Gasteiger partial charge in [-0.3, -0.25) is 14.4 Å². The summed E-state index contributed by atoms with van der Waals surface area (Å²) < 4.78 is 26.7. The van der Waals surface area contributed by atoms with E-state index in [2.05, 4.69) is 32.6 Å². The largest absolute Gasteiger partial charge is 0.496 e. The molecule has 216 valence electrons. The topological polar surface area (TPSA) is 138 Å². The molecule has 0 aromatic heterocycles. The molecule has 3 N–H and O–H groups in total. The van der Waals surface area contributed by atoms with E-state index in [0.29, 0.717) is 41.4 Å². The fourth-order valence-electron chi connectivity index (χ4n) is 6.59. The molecule has 3 aliphatic carbocycles. The Hall–Kier alpha value is -3.65. The zero-order chi connectivity index (χ0) is 29.3. The van der Waals surface area contributed by atoms with Gasteiger partial charge < -0.3 is 25.2 Å². The molecule has 2 amide bonds. The summed E-state index contributed by atoms with van der Waals surface area (Å²) in [6.07, 6.45) is 4.10. The molecule has 4 atom stereocenters. The third-order valence-electron chi connectivity index (χ3n) is 8.69. The second kappa shape index (κ2) is 12.1. The van der Waals surface area contributed by atoms with Gasteiger partial charge in [-0.25, -0.2) is 4.39 Å². The number of nitrogens with zero attached hydrogens (tertiary/aromatic N) is 1. The normalized spacial score (nSPS) is 26.6. The number of ether oxygens (including phenoxy) is 2. The maximum atomic E-state index is 14.9. The van der Waals surface area contributed by atoms with E-state index in [1.165, 1.54) is 13.2 Å². The molecule has 0 saturated heterocycles. The van der Waals surface area contributed by atoms with Crippen LogP contribution in [-0.4, -0.2) is 42.1 Å². The van der Waals surface area contributed by atoms with Gasteiger partial charge in [0.15, 0.2) is 11.6 Å². The molecule has 2 aromatic rings. The summed E-state index contributed by atoms with van der Waals surface area (Å²) in [5, 5.41) is 24.4. The fourth-order valence-corrected chi connectivity index (χ4v) is 7.06. The highest BCUT2D eigenvalue weighted by atomic mass is 79.9. The van der Waals surface area contributed by atoms with E-state index in [1.807, 2.05) is 0 Å². The maximum Gasteiger partial charge on any atom is 0.306 e. The van der Waals surface area contributed by atoms with Crippen LogP contribution in [0.2, 0.25) is 0 Å². The Morgan fingerprint density at radius 2 is 1.78 bits per heavy atom. The van der Waals surface area contributed by atoms with Gasteiger partial charge in [-0.15, -0.1) is 0 Å². The van der Waals surface area contributed by atoms with Crippen LogP contribution in [0.4, 0.5) is 10.1 Å². The second-order valence-electron chi connectivity index (χ2n) is 11.1. The molecule has 3 fully saturated rings. The summed E-state index contributed by atoms with van der Waals surface area (Å²) in [5.74, 6) is -2.86. The van der Waals surface area contributed by atoms with Crippen molar-refractivity contribution >= 4 is 39.4 Å². The van der Waals surface area contributed by atoms with Crippen molar-refractivity contribution < 1.29 is 33.4 Å². The number of nitriles is 1. The number of benzene rings is 2. The number of fused-ring (bicyclic) bond motifs is 2. The highest BCUT2D eigenvalue weighted by Crippen LogP contribution is 2.49. The highest BCUT2D eigenvalue weighted by molar-refractivity contribution is 9.10. The van der Waals surface area contributed by atoms with E-state index < -0.39 is 35.6 Å². The van der Waals surface area contributed by atoms with Gasteiger partial charge in [-0.1, -0.05) is 0 Å². The third kappa shape index (κ3) is 6.03. The van der Waals surface area contributed by atoms with Crippen molar-refractivity contribution in [3.63, 3.8) is 0 Å². The summed E-state index contributed by atoms with van der Waals surface area (Å²) >= 11 is 3.34. The number of nitrogens with one attached hydrogen (secondary N) is 2. The molecular formula is C30H31BrFN3O6. The molecule has 2 bridgehead atoms. The Bertz CT molecular complexity index is 1400. The average molecular weight is 628 g/mol. The van der Waals surface area contributed by atoms with Crippen LogP contribution in [0.1, 0.15) is 60.9 Å². The number of hydrogen-bond acceptors (Lipinski definition) is 6. The Kier molecular flexibility index (Phi) is 8.50. The molecule has 0 unspecified atom stereocenters. The Labute approximate surface area is 245 Å². The standard InChI is InChI=1S/C30H31BrFN3O6/c1-40-24-13-23(32)25(41-20-8-5-15(6-9-20)30(38)39)12-21(24)28(36)35-27-17-3-2-16(10-17)26(27)29(37)34-19-7-4-18(14-33)22(31)11-19/h4,7,11-13,15-17,20,26-27H,2-3,5-6,8-10H2,1H3,(H,34,37)(H,35,36)(H,38,39)/t15-,16-,17+,20+,26+,27-/m1/s1. The zero-order valence-corrected chi connectivity index (χ0v) is 24.1. The first-order valence-corrected chi connectivity index (χ1v) is 14.6. The molecule has 0 radical (unpaired) electrons. The predicted molar refractivity (Wildman–Crippen MR) is 150 cm³/mol. The highest BCUT2D eigenvalue weighted by Gasteiger charge is 2.51. The van der Waals surface area contributed by atoms with E-state index in [4.69, 9.17) is 14.7 Å². The van der Waals surface area contributed by atoms with Crippen LogP contribution >= 0.6 is 15.9 Å². The van der Waals surface area contributed by atoms with Gasteiger partial charge in [-0.2, -0.15) is 5.26 Å². The lowest BCUT2D eigenvalue weighted by Gasteiger charge is -2.31. The van der Waals surface area contributed by atoms with Crippen LogP contribution < -0.4 is 20.1 Å². The van der Waals surface area contributed by atoms with Gasteiger partial charge in [0.25, 0.3) is 5.91 Å². The zero-order valence-electron chi connectivity index (χ0n) is 22.5. The maximum absolute atomic E-state index is 14.9. The Balaban J connectivity index is 1.31. The first-order valence-electron chi connectivity index (χ1n) is 13.8. The van der Waals surface area contributed by atoms with Crippen LogP contribution in [0.15, 0.2) is 34.8 Å². The predicted octanol–water partition coefficient (Wildman–Crippen LogP) is 5.27. The molecule has 11 heteroatoms. The first-order chi connectivity index (χ1) is 19.7. The van der Waals surface area contributed by atoms with Gasteiger partial charge in [0.1, 0.15) is 11.8 Å². The number of aliphatic carboxylic acids is 1. The van der Waals surface area contributed by atoms with Gasteiger partial charge in [0.05, 0.1) is 36.2 Å². The lowest BCUT2D eigenvalue weighted by atomic mass is 9.83. The number of anilines is 1. The quantitative estimate of drug-likeness (QED) is 0.362. The third-order valence-corrected chi connectivity index (χ3v) is 9.35.